The summed E-state index contributed by atoms with van der Waals surface area (Å²) in [7, 11) is 1.69. The van der Waals surface area contributed by atoms with E-state index in [-0.39, 0.29) is 0 Å². The molecule has 0 bridgehead atoms. The molecule has 0 atom stereocenters. The molecule has 1 heterocycles. The number of hydrogen-bond acceptors (Lipinski definition) is 2. The van der Waals surface area contributed by atoms with Crippen LogP contribution in [0.5, 0.6) is 5.75 Å². The number of rotatable bonds is 2. The Balaban J connectivity index is 2.41. The predicted octanol–water partition coefficient (Wildman–Crippen LogP) is 3.73. The second-order valence-electron chi connectivity index (χ2n) is 3.18. The Labute approximate surface area is 88.0 Å². The number of thiophene rings is 1. The molecule has 0 aliphatic rings. The van der Waals surface area contributed by atoms with E-state index in [1.807, 2.05) is 12.1 Å². The van der Waals surface area contributed by atoms with Gasteiger partial charge in [-0.2, -0.15) is 0 Å². The predicted molar refractivity (Wildman–Crippen MR) is 61.0 cm³/mol. The summed E-state index contributed by atoms with van der Waals surface area (Å²) in [5.41, 5.74) is 2.49. The van der Waals surface area contributed by atoms with Crippen LogP contribution in [0, 0.1) is 6.92 Å². The third-order valence-electron chi connectivity index (χ3n) is 2.13. The van der Waals surface area contributed by atoms with Crippen LogP contribution in [0.25, 0.3) is 11.1 Å². The van der Waals surface area contributed by atoms with E-state index in [1.165, 1.54) is 16.0 Å². The monoisotopic (exact) mass is 204 g/mol. The molecule has 0 aliphatic heterocycles. The van der Waals surface area contributed by atoms with Crippen molar-refractivity contribution >= 4 is 11.3 Å². The molecule has 0 radical (unpaired) electrons. The van der Waals surface area contributed by atoms with Crippen molar-refractivity contribution in [1.29, 1.82) is 0 Å². The van der Waals surface area contributed by atoms with Crippen molar-refractivity contribution in [2.75, 3.05) is 7.11 Å². The average Bonchev–Trinajstić information content (AvgIpc) is 2.65. The average molecular weight is 204 g/mol. The Kier molecular flexibility index (Phi) is 2.55. The molecular formula is C12H12OS. The molecule has 2 rings (SSSR count). The van der Waals surface area contributed by atoms with Crippen molar-refractivity contribution in [3.63, 3.8) is 0 Å². The molecule has 0 N–H and O–H groups in total. The molecule has 2 aromatic rings. The quantitative estimate of drug-likeness (QED) is 0.724. The summed E-state index contributed by atoms with van der Waals surface area (Å²) in [6.07, 6.45) is 0. The topological polar surface area (TPSA) is 9.23 Å². The number of methoxy groups -OCH3 is 1. The summed E-state index contributed by atoms with van der Waals surface area (Å²) >= 11 is 1.77. The van der Waals surface area contributed by atoms with Gasteiger partial charge in [-0.15, -0.1) is 11.3 Å². The molecule has 2 heteroatoms. The van der Waals surface area contributed by atoms with E-state index in [1.54, 1.807) is 18.4 Å². The van der Waals surface area contributed by atoms with Crippen LogP contribution < -0.4 is 4.74 Å². The minimum Gasteiger partial charge on any atom is -0.497 e. The molecule has 0 saturated heterocycles. The molecule has 14 heavy (non-hydrogen) atoms. The number of hydrogen-bond donors (Lipinski definition) is 0. The van der Waals surface area contributed by atoms with E-state index >= 15 is 0 Å². The fourth-order valence-electron chi connectivity index (χ4n) is 1.40. The van der Waals surface area contributed by atoms with Crippen LogP contribution >= 0.6 is 11.3 Å². The van der Waals surface area contributed by atoms with Gasteiger partial charge in [-0.25, -0.2) is 0 Å². The molecule has 0 unspecified atom stereocenters. The molecule has 0 fully saturated rings. The van der Waals surface area contributed by atoms with E-state index in [4.69, 9.17) is 4.74 Å². The summed E-state index contributed by atoms with van der Waals surface area (Å²) in [5, 5.41) is 2.17. The zero-order valence-corrected chi connectivity index (χ0v) is 9.10. The highest BCUT2D eigenvalue weighted by molar-refractivity contribution is 7.10. The summed E-state index contributed by atoms with van der Waals surface area (Å²) < 4.78 is 5.19. The van der Waals surface area contributed by atoms with Gasteiger partial charge < -0.3 is 4.74 Å². The number of benzene rings is 1. The lowest BCUT2D eigenvalue weighted by Gasteiger charge is -2.01. The van der Waals surface area contributed by atoms with Gasteiger partial charge in [0, 0.05) is 4.88 Å². The van der Waals surface area contributed by atoms with Crippen LogP contribution in [0.1, 0.15) is 4.88 Å². The Bertz CT molecular complexity index is 431. The fraction of sp³-hybridized carbons (Fsp3) is 0.167. The van der Waals surface area contributed by atoms with E-state index in [0.29, 0.717) is 0 Å². The van der Waals surface area contributed by atoms with Gasteiger partial charge in [-0.3, -0.25) is 0 Å². The first-order chi connectivity index (χ1) is 6.79. The Morgan fingerprint density at radius 3 is 2.64 bits per heavy atom. The van der Waals surface area contributed by atoms with Gasteiger partial charge in [0.05, 0.1) is 7.11 Å². The van der Waals surface area contributed by atoms with Crippen LogP contribution in [0.15, 0.2) is 35.7 Å². The minimum absolute atomic E-state index is 0.909. The zero-order chi connectivity index (χ0) is 9.97. The molecule has 1 aromatic heterocycles. The molecule has 0 saturated carbocycles. The fourth-order valence-corrected chi connectivity index (χ4v) is 2.11. The lowest BCUT2D eigenvalue weighted by Crippen LogP contribution is -1.82. The zero-order valence-electron chi connectivity index (χ0n) is 8.28. The second kappa shape index (κ2) is 3.84. The van der Waals surface area contributed by atoms with E-state index in [2.05, 4.69) is 30.5 Å². The third-order valence-corrected chi connectivity index (χ3v) is 3.00. The van der Waals surface area contributed by atoms with Crippen LogP contribution in [0.4, 0.5) is 0 Å². The molecular weight excluding hydrogens is 192 g/mol. The Morgan fingerprint density at radius 1 is 1.14 bits per heavy atom. The summed E-state index contributed by atoms with van der Waals surface area (Å²) in [6.45, 7) is 2.12. The molecule has 0 spiro atoms. The lowest BCUT2D eigenvalue weighted by atomic mass is 10.1. The highest BCUT2D eigenvalue weighted by Gasteiger charge is 2.00. The Morgan fingerprint density at radius 2 is 2.00 bits per heavy atom. The third kappa shape index (κ3) is 1.80. The number of ether oxygens (including phenoxy) is 1. The van der Waals surface area contributed by atoms with E-state index < -0.39 is 0 Å². The number of aryl methyl sites for hydroxylation is 1. The van der Waals surface area contributed by atoms with Crippen LogP contribution in [-0.2, 0) is 0 Å². The van der Waals surface area contributed by atoms with Gasteiger partial charge in [0.25, 0.3) is 0 Å². The normalized spacial score (nSPS) is 10.1. The maximum absolute atomic E-state index is 5.19. The van der Waals surface area contributed by atoms with Crippen molar-refractivity contribution in [3.05, 3.63) is 40.6 Å². The van der Waals surface area contributed by atoms with Crippen LogP contribution in [-0.4, -0.2) is 7.11 Å². The molecule has 1 nitrogen and oxygen atoms in total. The smallest absolute Gasteiger partial charge is 0.119 e. The van der Waals surface area contributed by atoms with Gasteiger partial charge in [0.2, 0.25) is 0 Å². The van der Waals surface area contributed by atoms with Crippen molar-refractivity contribution in [2.45, 2.75) is 6.92 Å². The van der Waals surface area contributed by atoms with Gasteiger partial charge in [0.1, 0.15) is 5.75 Å². The first-order valence-electron chi connectivity index (χ1n) is 4.49. The lowest BCUT2D eigenvalue weighted by molar-refractivity contribution is 0.415. The standard InChI is InChI=1S/C12H12OS/c1-9-6-11(8-14-9)10-4-3-5-12(7-10)13-2/h3-8H,1-2H3. The summed E-state index contributed by atoms with van der Waals surface area (Å²) in [5.74, 6) is 0.909. The van der Waals surface area contributed by atoms with Crippen LogP contribution in [0.3, 0.4) is 0 Å². The first-order valence-corrected chi connectivity index (χ1v) is 5.37. The highest BCUT2D eigenvalue weighted by Crippen LogP contribution is 2.27. The SMILES string of the molecule is COc1cccc(-c2csc(C)c2)c1. The van der Waals surface area contributed by atoms with Crippen molar-refractivity contribution in [3.8, 4) is 16.9 Å². The second-order valence-corrected chi connectivity index (χ2v) is 4.29. The van der Waals surface area contributed by atoms with Crippen molar-refractivity contribution in [2.24, 2.45) is 0 Å². The maximum Gasteiger partial charge on any atom is 0.119 e. The molecule has 0 aliphatic carbocycles. The Hall–Kier alpha value is -1.28. The largest absolute Gasteiger partial charge is 0.497 e. The molecule has 1 aromatic carbocycles. The maximum atomic E-state index is 5.19. The summed E-state index contributed by atoms with van der Waals surface area (Å²) in [4.78, 5) is 1.34. The van der Waals surface area contributed by atoms with Gasteiger partial charge in [0.15, 0.2) is 0 Å². The minimum atomic E-state index is 0.909. The first kappa shape index (κ1) is 9.28. The van der Waals surface area contributed by atoms with Crippen molar-refractivity contribution < 1.29 is 4.74 Å². The van der Waals surface area contributed by atoms with Gasteiger partial charge >= 0.3 is 0 Å². The highest BCUT2D eigenvalue weighted by atomic mass is 32.1. The molecule has 0 amide bonds. The molecule has 72 valence electrons. The summed E-state index contributed by atoms with van der Waals surface area (Å²) in [6, 6.07) is 10.3. The van der Waals surface area contributed by atoms with E-state index in [9.17, 15) is 0 Å². The van der Waals surface area contributed by atoms with Gasteiger partial charge in [-0.1, -0.05) is 12.1 Å². The van der Waals surface area contributed by atoms with Crippen molar-refractivity contribution in [1.82, 2.24) is 0 Å². The van der Waals surface area contributed by atoms with Crippen LogP contribution in [0.2, 0.25) is 0 Å². The van der Waals surface area contributed by atoms with E-state index in [0.717, 1.165) is 5.75 Å². The van der Waals surface area contributed by atoms with Gasteiger partial charge in [-0.05, 0) is 41.6 Å².